The number of hydrogen-bond donors (Lipinski definition) is 0. The number of anilines is 3. The molecule has 12 aromatic rings. The normalized spacial score (nSPS) is 11.7. The van der Waals surface area contributed by atoms with Gasteiger partial charge < -0.3 is 9.47 Å². The van der Waals surface area contributed by atoms with Crippen molar-refractivity contribution in [1.82, 2.24) is 4.57 Å². The highest BCUT2D eigenvalue weighted by atomic mass is 15.1. The Morgan fingerprint density at radius 3 is 1.52 bits per heavy atom. The van der Waals surface area contributed by atoms with Gasteiger partial charge in [0.1, 0.15) is 0 Å². The van der Waals surface area contributed by atoms with Gasteiger partial charge in [0.05, 0.1) is 16.7 Å². The van der Waals surface area contributed by atoms with E-state index in [0.29, 0.717) is 0 Å². The van der Waals surface area contributed by atoms with Gasteiger partial charge in [-0.2, -0.15) is 0 Å². The van der Waals surface area contributed by atoms with Crippen molar-refractivity contribution in [3.8, 4) is 27.9 Å². The predicted molar refractivity (Wildman–Crippen MR) is 256 cm³/mol. The SMILES string of the molecule is c1cc(-c2cccc3cccc(-c4cccc5c4c4ccccc4n5-c4cccc5ccccc45)c23)cc(N(c2ccc3ccccc3c2)c2ccc3ccccc3c2)c1. The van der Waals surface area contributed by atoms with Crippen LogP contribution in [0.1, 0.15) is 0 Å². The van der Waals surface area contributed by atoms with E-state index in [0.717, 1.165) is 17.1 Å². The lowest BCUT2D eigenvalue weighted by Gasteiger charge is -2.27. The standard InChI is InChI=1S/C58H38N2/c1-3-17-43-36-47(34-32-39(43)14-1)59(48-35-33-40-15-2-4-18-44(40)37-48)46-23-9-22-45(38-46)50-26-10-20-42-21-11-27-51(57(42)50)52-28-13-31-56-58(52)53-25-7-8-29-55(53)60(56)54-30-12-19-41-16-5-6-24-49(41)54/h1-38H. The largest absolute Gasteiger partial charge is 0.310 e. The van der Waals surface area contributed by atoms with Crippen molar-refractivity contribution < 1.29 is 0 Å². The number of nitrogens with zero attached hydrogens (tertiary/aromatic N) is 2. The van der Waals surface area contributed by atoms with Crippen LogP contribution in [0.4, 0.5) is 17.1 Å². The summed E-state index contributed by atoms with van der Waals surface area (Å²) in [5.41, 5.74) is 11.8. The van der Waals surface area contributed by atoms with Gasteiger partial charge in [-0.3, -0.25) is 0 Å². The molecule has 0 atom stereocenters. The van der Waals surface area contributed by atoms with Gasteiger partial charge in [0.15, 0.2) is 0 Å². The van der Waals surface area contributed by atoms with Gasteiger partial charge in [-0.25, -0.2) is 0 Å². The molecule has 0 saturated carbocycles. The van der Waals surface area contributed by atoms with E-state index in [1.165, 1.54) is 92.8 Å². The van der Waals surface area contributed by atoms with Crippen LogP contribution in [0.25, 0.3) is 92.8 Å². The van der Waals surface area contributed by atoms with E-state index in [9.17, 15) is 0 Å². The molecule has 1 aromatic heterocycles. The third kappa shape index (κ3) is 5.50. The van der Waals surface area contributed by atoms with E-state index < -0.39 is 0 Å². The van der Waals surface area contributed by atoms with Crippen LogP contribution >= 0.6 is 0 Å². The molecule has 0 N–H and O–H groups in total. The fraction of sp³-hybridized carbons (Fsp3) is 0. The second-order valence-corrected chi connectivity index (χ2v) is 15.7. The Kier molecular flexibility index (Phi) is 7.89. The quantitative estimate of drug-likeness (QED) is 0.164. The van der Waals surface area contributed by atoms with E-state index >= 15 is 0 Å². The molecule has 0 fully saturated rings. The van der Waals surface area contributed by atoms with Gasteiger partial charge in [0.2, 0.25) is 0 Å². The minimum absolute atomic E-state index is 1.10. The molecular formula is C58H38N2. The Morgan fingerprint density at radius 2 is 0.783 bits per heavy atom. The zero-order valence-corrected chi connectivity index (χ0v) is 32.8. The first kappa shape index (κ1) is 34.1. The molecule has 12 rings (SSSR count). The van der Waals surface area contributed by atoms with Crippen LogP contribution in [-0.4, -0.2) is 4.57 Å². The first-order chi connectivity index (χ1) is 29.8. The van der Waals surface area contributed by atoms with Crippen molar-refractivity contribution in [2.75, 3.05) is 4.90 Å². The number of fused-ring (bicyclic) bond motifs is 7. The minimum Gasteiger partial charge on any atom is -0.310 e. The Hall–Kier alpha value is -7.94. The fourth-order valence-electron chi connectivity index (χ4n) is 9.60. The first-order valence-electron chi connectivity index (χ1n) is 20.7. The topological polar surface area (TPSA) is 8.17 Å². The predicted octanol–water partition coefficient (Wildman–Crippen LogP) is 16.2. The Labute approximate surface area is 348 Å². The molecule has 0 radical (unpaired) electrons. The van der Waals surface area contributed by atoms with Crippen molar-refractivity contribution >= 4 is 82.0 Å². The van der Waals surface area contributed by atoms with Gasteiger partial charge >= 0.3 is 0 Å². The number of rotatable bonds is 6. The maximum absolute atomic E-state index is 2.46. The highest BCUT2D eigenvalue weighted by Gasteiger charge is 2.20. The summed E-state index contributed by atoms with van der Waals surface area (Å²) in [5.74, 6) is 0. The van der Waals surface area contributed by atoms with Gasteiger partial charge in [0.25, 0.3) is 0 Å². The lowest BCUT2D eigenvalue weighted by atomic mass is 9.89. The van der Waals surface area contributed by atoms with Gasteiger partial charge in [-0.1, -0.05) is 176 Å². The lowest BCUT2D eigenvalue weighted by molar-refractivity contribution is 1.20. The van der Waals surface area contributed by atoms with E-state index in [-0.39, 0.29) is 0 Å². The fourth-order valence-corrected chi connectivity index (χ4v) is 9.60. The average Bonchev–Trinajstić information content (AvgIpc) is 3.65. The third-order valence-electron chi connectivity index (χ3n) is 12.3. The van der Waals surface area contributed by atoms with Crippen molar-refractivity contribution in [3.05, 3.63) is 231 Å². The molecule has 0 saturated heterocycles. The smallest absolute Gasteiger partial charge is 0.0547 e. The van der Waals surface area contributed by atoms with Crippen LogP contribution in [0.5, 0.6) is 0 Å². The van der Waals surface area contributed by atoms with Crippen LogP contribution in [0, 0.1) is 0 Å². The molecule has 0 amide bonds. The molecule has 1 heterocycles. The van der Waals surface area contributed by atoms with E-state index in [1.807, 2.05) is 0 Å². The van der Waals surface area contributed by atoms with Crippen molar-refractivity contribution in [3.63, 3.8) is 0 Å². The second-order valence-electron chi connectivity index (χ2n) is 15.7. The third-order valence-corrected chi connectivity index (χ3v) is 12.3. The molecule has 2 nitrogen and oxygen atoms in total. The summed E-state index contributed by atoms with van der Waals surface area (Å²) < 4.78 is 2.46. The average molecular weight is 763 g/mol. The molecule has 0 aliphatic heterocycles. The van der Waals surface area contributed by atoms with Crippen LogP contribution in [-0.2, 0) is 0 Å². The maximum Gasteiger partial charge on any atom is 0.0547 e. The first-order valence-corrected chi connectivity index (χ1v) is 20.7. The summed E-state index contributed by atoms with van der Waals surface area (Å²) in [6.07, 6.45) is 0. The lowest BCUT2D eigenvalue weighted by Crippen LogP contribution is -2.10. The van der Waals surface area contributed by atoms with Gasteiger partial charge in [-0.15, -0.1) is 0 Å². The maximum atomic E-state index is 2.46. The van der Waals surface area contributed by atoms with E-state index in [1.54, 1.807) is 0 Å². The molecule has 60 heavy (non-hydrogen) atoms. The Balaban J connectivity index is 1.07. The summed E-state index contributed by atoms with van der Waals surface area (Å²) in [6, 6.07) is 84.4. The zero-order chi connectivity index (χ0) is 39.6. The van der Waals surface area contributed by atoms with Crippen molar-refractivity contribution in [2.24, 2.45) is 0 Å². The molecule has 0 aliphatic carbocycles. The monoisotopic (exact) mass is 762 g/mol. The summed E-state index contributed by atoms with van der Waals surface area (Å²) in [6.45, 7) is 0. The number of hydrogen-bond acceptors (Lipinski definition) is 1. The van der Waals surface area contributed by atoms with E-state index in [2.05, 4.69) is 240 Å². The Bertz CT molecular complexity index is 3540. The molecule has 0 spiro atoms. The van der Waals surface area contributed by atoms with Crippen molar-refractivity contribution in [2.45, 2.75) is 0 Å². The number of benzene rings is 11. The highest BCUT2D eigenvalue weighted by molar-refractivity contribution is 6.20. The van der Waals surface area contributed by atoms with Crippen LogP contribution in [0.3, 0.4) is 0 Å². The molecule has 11 aromatic carbocycles. The molecular weight excluding hydrogens is 725 g/mol. The summed E-state index contributed by atoms with van der Waals surface area (Å²) in [7, 11) is 0. The minimum atomic E-state index is 1.10. The number of para-hydroxylation sites is 1. The molecule has 280 valence electrons. The van der Waals surface area contributed by atoms with E-state index in [4.69, 9.17) is 0 Å². The van der Waals surface area contributed by atoms with Gasteiger partial charge in [0, 0.05) is 33.2 Å². The van der Waals surface area contributed by atoms with Crippen LogP contribution < -0.4 is 4.90 Å². The van der Waals surface area contributed by atoms with Crippen LogP contribution in [0.15, 0.2) is 231 Å². The molecule has 0 bridgehead atoms. The van der Waals surface area contributed by atoms with Crippen LogP contribution in [0.2, 0.25) is 0 Å². The summed E-state index contributed by atoms with van der Waals surface area (Å²) in [5, 5.41) is 12.3. The summed E-state index contributed by atoms with van der Waals surface area (Å²) in [4.78, 5) is 2.40. The van der Waals surface area contributed by atoms with Crippen molar-refractivity contribution in [1.29, 1.82) is 0 Å². The van der Waals surface area contributed by atoms with Gasteiger partial charge in [-0.05, 0) is 115 Å². The second kappa shape index (κ2) is 13.9. The molecule has 2 heteroatoms. The number of aromatic nitrogens is 1. The Morgan fingerprint density at radius 1 is 0.283 bits per heavy atom. The molecule has 0 aliphatic rings. The highest BCUT2D eigenvalue weighted by Crippen LogP contribution is 2.45. The molecule has 0 unspecified atom stereocenters. The summed E-state index contributed by atoms with van der Waals surface area (Å²) >= 11 is 0. The zero-order valence-electron chi connectivity index (χ0n) is 32.8.